The number of benzene rings is 3. The lowest BCUT2D eigenvalue weighted by atomic mass is 9.98. The zero-order valence-electron chi connectivity index (χ0n) is 22.3. The maximum absolute atomic E-state index is 15.0. The summed E-state index contributed by atoms with van der Waals surface area (Å²) in [6, 6.07) is 23.2. The van der Waals surface area contributed by atoms with Crippen LogP contribution in [0.15, 0.2) is 103 Å². The van der Waals surface area contributed by atoms with E-state index in [-0.39, 0.29) is 29.1 Å². The molecule has 3 aromatic carbocycles. The van der Waals surface area contributed by atoms with Gasteiger partial charge in [0, 0.05) is 35.6 Å². The number of hydrogen-bond donors (Lipinski definition) is 4. The molecule has 0 fully saturated rings. The van der Waals surface area contributed by atoms with E-state index in [9.17, 15) is 9.18 Å². The van der Waals surface area contributed by atoms with E-state index in [1.54, 1.807) is 12.3 Å². The Balaban J connectivity index is 1.54. The Morgan fingerprint density at radius 2 is 1.71 bits per heavy atom. The molecule has 2 atom stereocenters. The van der Waals surface area contributed by atoms with Gasteiger partial charge in [-0.2, -0.15) is 0 Å². The molecule has 41 heavy (non-hydrogen) atoms. The first kappa shape index (κ1) is 29.3. The van der Waals surface area contributed by atoms with Gasteiger partial charge < -0.3 is 26.9 Å². The Hall–Kier alpha value is -4.73. The SMILES string of the molecule is N=C(/C=C(\N)c1ccc(F)cc1)c1c(F)cccc1C(=O)NC(Cc1ccccn1)[C@H](N)COCc1ccccc1. The zero-order valence-corrected chi connectivity index (χ0v) is 22.3. The first-order chi connectivity index (χ1) is 19.8. The molecule has 1 heterocycles. The van der Waals surface area contributed by atoms with Crippen LogP contribution < -0.4 is 16.8 Å². The van der Waals surface area contributed by atoms with Crippen LogP contribution in [0.25, 0.3) is 5.70 Å². The van der Waals surface area contributed by atoms with Crippen molar-refractivity contribution in [1.29, 1.82) is 5.41 Å². The van der Waals surface area contributed by atoms with Gasteiger partial charge in [0.2, 0.25) is 0 Å². The summed E-state index contributed by atoms with van der Waals surface area (Å²) in [7, 11) is 0. The Morgan fingerprint density at radius 3 is 2.41 bits per heavy atom. The molecule has 0 bridgehead atoms. The summed E-state index contributed by atoms with van der Waals surface area (Å²) in [5, 5.41) is 11.4. The lowest BCUT2D eigenvalue weighted by Crippen LogP contribution is -2.51. The molecule has 0 radical (unpaired) electrons. The molecular formula is C32H31F2N5O2. The third-order valence-electron chi connectivity index (χ3n) is 6.42. The Kier molecular flexibility index (Phi) is 10.0. The zero-order chi connectivity index (χ0) is 29.2. The molecule has 210 valence electrons. The normalized spacial score (nSPS) is 12.9. The summed E-state index contributed by atoms with van der Waals surface area (Å²) in [6.45, 7) is 0.501. The molecule has 0 saturated carbocycles. The fourth-order valence-corrected chi connectivity index (χ4v) is 4.24. The molecule has 0 aliphatic heterocycles. The second-order valence-corrected chi connectivity index (χ2v) is 9.45. The number of hydrogen-bond acceptors (Lipinski definition) is 6. The van der Waals surface area contributed by atoms with Gasteiger partial charge in [-0.3, -0.25) is 9.78 Å². The van der Waals surface area contributed by atoms with E-state index in [1.165, 1.54) is 42.5 Å². The predicted octanol–water partition coefficient (Wildman–Crippen LogP) is 4.61. The van der Waals surface area contributed by atoms with Gasteiger partial charge >= 0.3 is 0 Å². The Bertz CT molecular complexity index is 1500. The highest BCUT2D eigenvalue weighted by atomic mass is 19.1. The van der Waals surface area contributed by atoms with Crippen LogP contribution in [-0.2, 0) is 17.8 Å². The number of ether oxygens (including phenoxy) is 1. The summed E-state index contributed by atoms with van der Waals surface area (Å²) in [5.74, 6) is -1.81. The number of carbonyl (C=O) groups is 1. The molecule has 4 aromatic rings. The molecule has 7 nitrogen and oxygen atoms in total. The van der Waals surface area contributed by atoms with Crippen molar-refractivity contribution >= 4 is 17.3 Å². The largest absolute Gasteiger partial charge is 0.398 e. The summed E-state index contributed by atoms with van der Waals surface area (Å²) in [6.07, 6.45) is 3.19. The summed E-state index contributed by atoms with van der Waals surface area (Å²) < 4.78 is 34.2. The molecule has 0 aliphatic rings. The topological polar surface area (TPSA) is 127 Å². The van der Waals surface area contributed by atoms with E-state index < -0.39 is 29.6 Å². The van der Waals surface area contributed by atoms with Gasteiger partial charge in [0.25, 0.3) is 5.91 Å². The van der Waals surface area contributed by atoms with Crippen molar-refractivity contribution in [3.8, 4) is 0 Å². The van der Waals surface area contributed by atoms with E-state index in [0.29, 0.717) is 24.3 Å². The number of nitrogens with one attached hydrogen (secondary N) is 2. The third-order valence-corrected chi connectivity index (χ3v) is 6.42. The van der Waals surface area contributed by atoms with Crippen molar-refractivity contribution in [3.05, 3.63) is 143 Å². The summed E-state index contributed by atoms with van der Waals surface area (Å²) in [5.41, 5.74) is 14.3. The Labute approximate surface area is 237 Å². The highest BCUT2D eigenvalue weighted by Gasteiger charge is 2.25. The van der Waals surface area contributed by atoms with Gasteiger partial charge in [-0.25, -0.2) is 8.78 Å². The minimum absolute atomic E-state index is 0.0541. The van der Waals surface area contributed by atoms with Crippen molar-refractivity contribution in [1.82, 2.24) is 10.3 Å². The summed E-state index contributed by atoms with van der Waals surface area (Å²) >= 11 is 0. The lowest BCUT2D eigenvalue weighted by Gasteiger charge is -2.25. The second kappa shape index (κ2) is 14.1. The number of aromatic nitrogens is 1. The van der Waals surface area contributed by atoms with Crippen molar-refractivity contribution in [3.63, 3.8) is 0 Å². The fourth-order valence-electron chi connectivity index (χ4n) is 4.24. The van der Waals surface area contributed by atoms with E-state index >= 15 is 4.39 Å². The maximum atomic E-state index is 15.0. The minimum atomic E-state index is -0.762. The maximum Gasteiger partial charge on any atom is 0.252 e. The predicted molar refractivity (Wildman–Crippen MR) is 155 cm³/mol. The number of pyridine rings is 1. The molecule has 4 rings (SSSR count). The van der Waals surface area contributed by atoms with Gasteiger partial charge in [-0.1, -0.05) is 54.6 Å². The molecule has 9 heteroatoms. The molecule has 1 amide bonds. The van der Waals surface area contributed by atoms with E-state index in [4.69, 9.17) is 21.6 Å². The van der Waals surface area contributed by atoms with Crippen LogP contribution in [0.1, 0.15) is 32.7 Å². The highest BCUT2D eigenvalue weighted by Crippen LogP contribution is 2.19. The number of halogens is 2. The molecule has 0 spiro atoms. The van der Waals surface area contributed by atoms with Crippen molar-refractivity contribution < 1.29 is 18.3 Å². The van der Waals surface area contributed by atoms with E-state index in [0.717, 1.165) is 11.6 Å². The van der Waals surface area contributed by atoms with Gasteiger partial charge in [0.05, 0.1) is 30.5 Å². The summed E-state index contributed by atoms with van der Waals surface area (Å²) in [4.78, 5) is 17.9. The van der Waals surface area contributed by atoms with Gasteiger partial charge in [0.15, 0.2) is 0 Å². The average molecular weight is 556 g/mol. The van der Waals surface area contributed by atoms with Gasteiger partial charge in [0.1, 0.15) is 11.6 Å². The smallest absolute Gasteiger partial charge is 0.252 e. The van der Waals surface area contributed by atoms with Crippen LogP contribution in [0.3, 0.4) is 0 Å². The second-order valence-electron chi connectivity index (χ2n) is 9.45. The van der Waals surface area contributed by atoms with Gasteiger partial charge in [-0.05, 0) is 53.6 Å². The van der Waals surface area contributed by atoms with Crippen LogP contribution in [0, 0.1) is 17.0 Å². The number of allylic oxidation sites excluding steroid dienone is 1. The molecule has 0 saturated heterocycles. The van der Waals surface area contributed by atoms with Crippen LogP contribution in [-0.4, -0.2) is 35.3 Å². The monoisotopic (exact) mass is 555 g/mol. The fraction of sp³-hybridized carbons (Fsp3) is 0.156. The molecule has 1 unspecified atom stereocenters. The lowest BCUT2D eigenvalue weighted by molar-refractivity contribution is 0.0845. The van der Waals surface area contributed by atoms with Crippen molar-refractivity contribution in [2.24, 2.45) is 11.5 Å². The molecule has 6 N–H and O–H groups in total. The van der Waals surface area contributed by atoms with Crippen molar-refractivity contribution in [2.45, 2.75) is 25.1 Å². The van der Waals surface area contributed by atoms with Crippen LogP contribution in [0.4, 0.5) is 8.78 Å². The average Bonchev–Trinajstić information content (AvgIpc) is 2.98. The Morgan fingerprint density at radius 1 is 0.976 bits per heavy atom. The number of rotatable bonds is 12. The van der Waals surface area contributed by atoms with Crippen molar-refractivity contribution in [2.75, 3.05) is 6.61 Å². The van der Waals surface area contributed by atoms with Crippen LogP contribution in [0.5, 0.6) is 0 Å². The number of nitrogens with zero attached hydrogens (tertiary/aromatic N) is 1. The molecular weight excluding hydrogens is 524 g/mol. The highest BCUT2D eigenvalue weighted by molar-refractivity contribution is 6.16. The molecule has 1 aromatic heterocycles. The van der Waals surface area contributed by atoms with Crippen LogP contribution >= 0.6 is 0 Å². The first-order valence-electron chi connectivity index (χ1n) is 13.0. The third kappa shape index (κ3) is 8.14. The standard InChI is InChI=1S/C32H31F2N5O2/c33-23-14-12-22(13-15-23)27(35)18-28(36)31-25(10-6-11-26(31)34)32(40)39-30(17-24-9-4-5-16-38-24)29(37)20-41-19-21-7-2-1-3-8-21/h1-16,18,29-30,36H,17,19-20,35,37H2,(H,39,40)/b27-18-,36-28?/t29-,30?/m1/s1. The number of carbonyl (C=O) groups excluding carboxylic acids is 1. The number of nitrogens with two attached hydrogens (primary N) is 2. The van der Waals surface area contributed by atoms with E-state index in [2.05, 4.69) is 10.3 Å². The van der Waals surface area contributed by atoms with Gasteiger partial charge in [-0.15, -0.1) is 0 Å². The first-order valence-corrected chi connectivity index (χ1v) is 13.0. The van der Waals surface area contributed by atoms with E-state index in [1.807, 2.05) is 42.5 Å². The number of amides is 1. The minimum Gasteiger partial charge on any atom is -0.398 e. The quantitative estimate of drug-likeness (QED) is 0.190. The van der Waals surface area contributed by atoms with Crippen LogP contribution in [0.2, 0.25) is 0 Å². The molecule has 0 aliphatic carbocycles.